The van der Waals surface area contributed by atoms with E-state index in [9.17, 15) is 14.9 Å². The number of rotatable bonds is 4. The number of nitro benzene ring substituents is 1. The van der Waals surface area contributed by atoms with Gasteiger partial charge in [0.25, 0.3) is 11.6 Å². The number of amides is 1. The maximum Gasteiger partial charge on any atom is 0.270 e. The first-order chi connectivity index (χ1) is 14.4. The fourth-order valence-corrected chi connectivity index (χ4v) is 4.11. The minimum absolute atomic E-state index is 0.0916. The van der Waals surface area contributed by atoms with Crippen LogP contribution in [0.2, 0.25) is 5.02 Å². The largest absolute Gasteiger partial charge is 0.356 e. The van der Waals surface area contributed by atoms with Gasteiger partial charge < -0.3 is 14.7 Å². The number of carbonyl (C=O) groups excluding carboxylic acids is 1. The lowest BCUT2D eigenvalue weighted by molar-refractivity contribution is -0.384. The predicted octanol–water partition coefficient (Wildman–Crippen LogP) is 2.91. The Labute approximate surface area is 179 Å². The van der Waals surface area contributed by atoms with Crippen molar-refractivity contribution < 1.29 is 9.72 Å². The number of anilines is 2. The molecule has 2 aliphatic rings. The summed E-state index contributed by atoms with van der Waals surface area (Å²) in [6.45, 7) is 6.24. The van der Waals surface area contributed by atoms with Crippen molar-refractivity contribution in [2.75, 3.05) is 49.1 Å². The molecule has 1 aromatic heterocycles. The van der Waals surface area contributed by atoms with Crippen molar-refractivity contribution in [3.63, 3.8) is 0 Å². The second-order valence-corrected chi connectivity index (χ2v) is 7.97. The minimum atomic E-state index is -0.531. The van der Waals surface area contributed by atoms with Crippen LogP contribution in [0, 0.1) is 17.0 Å². The van der Waals surface area contributed by atoms with Gasteiger partial charge in [0.1, 0.15) is 5.82 Å². The van der Waals surface area contributed by atoms with Crippen LogP contribution < -0.4 is 9.80 Å². The average Bonchev–Trinajstić information content (AvgIpc) is 3.28. The molecule has 158 valence electrons. The Balaban J connectivity index is 1.44. The highest BCUT2D eigenvalue weighted by molar-refractivity contribution is 6.34. The number of piperazine rings is 1. The number of non-ortho nitro benzene ring substituents is 1. The summed E-state index contributed by atoms with van der Waals surface area (Å²) in [6, 6.07) is 5.95. The summed E-state index contributed by atoms with van der Waals surface area (Å²) < 4.78 is 0. The van der Waals surface area contributed by atoms with Crippen LogP contribution in [-0.2, 0) is 0 Å². The van der Waals surface area contributed by atoms with Crippen molar-refractivity contribution in [1.82, 2.24) is 14.9 Å². The Hall–Kier alpha value is -2.94. The van der Waals surface area contributed by atoms with Gasteiger partial charge in [0.05, 0.1) is 15.5 Å². The van der Waals surface area contributed by atoms with Crippen molar-refractivity contribution >= 4 is 35.0 Å². The molecule has 0 bridgehead atoms. The van der Waals surface area contributed by atoms with Crippen molar-refractivity contribution in [2.45, 2.75) is 19.8 Å². The summed E-state index contributed by atoms with van der Waals surface area (Å²) in [5, 5.41) is 11.0. The molecule has 0 N–H and O–H groups in total. The van der Waals surface area contributed by atoms with Gasteiger partial charge in [0.15, 0.2) is 0 Å². The predicted molar refractivity (Wildman–Crippen MR) is 114 cm³/mol. The third kappa shape index (κ3) is 4.16. The fraction of sp³-hybridized carbons (Fsp3) is 0.450. The van der Waals surface area contributed by atoms with Crippen LogP contribution in [0.1, 0.15) is 28.9 Å². The molecule has 10 heteroatoms. The maximum absolute atomic E-state index is 12.8. The van der Waals surface area contributed by atoms with Crippen molar-refractivity contribution in [3.8, 4) is 0 Å². The van der Waals surface area contributed by atoms with E-state index >= 15 is 0 Å². The number of hydrogen-bond donors (Lipinski definition) is 0. The van der Waals surface area contributed by atoms with Crippen LogP contribution in [0.4, 0.5) is 17.5 Å². The zero-order chi connectivity index (χ0) is 21.3. The van der Waals surface area contributed by atoms with Gasteiger partial charge in [0.2, 0.25) is 5.95 Å². The van der Waals surface area contributed by atoms with Crippen LogP contribution in [-0.4, -0.2) is 65.0 Å². The van der Waals surface area contributed by atoms with Crippen LogP contribution in [0.5, 0.6) is 0 Å². The average molecular weight is 431 g/mol. The second-order valence-electron chi connectivity index (χ2n) is 7.56. The third-order valence-corrected chi connectivity index (χ3v) is 5.82. The van der Waals surface area contributed by atoms with E-state index < -0.39 is 4.92 Å². The van der Waals surface area contributed by atoms with Gasteiger partial charge in [-0.15, -0.1) is 0 Å². The topological polar surface area (TPSA) is 95.7 Å². The molecular weight excluding hydrogens is 408 g/mol. The molecule has 0 aliphatic carbocycles. The van der Waals surface area contributed by atoms with Crippen molar-refractivity contribution in [1.29, 1.82) is 0 Å². The van der Waals surface area contributed by atoms with E-state index in [4.69, 9.17) is 16.6 Å². The first-order valence-electron chi connectivity index (χ1n) is 10.0. The molecule has 4 rings (SSSR count). The molecule has 2 aromatic rings. The van der Waals surface area contributed by atoms with E-state index in [1.54, 1.807) is 4.90 Å². The van der Waals surface area contributed by atoms with Gasteiger partial charge in [-0.3, -0.25) is 14.9 Å². The van der Waals surface area contributed by atoms with Crippen LogP contribution in [0.25, 0.3) is 0 Å². The molecule has 2 fully saturated rings. The maximum atomic E-state index is 12.8. The van der Waals surface area contributed by atoms with Gasteiger partial charge in [-0.25, -0.2) is 4.98 Å². The summed E-state index contributed by atoms with van der Waals surface area (Å²) in [4.78, 5) is 38.6. The Morgan fingerprint density at radius 3 is 2.37 bits per heavy atom. The molecule has 0 atom stereocenters. The molecule has 1 aromatic carbocycles. The van der Waals surface area contributed by atoms with Gasteiger partial charge in [-0.05, 0) is 25.8 Å². The first-order valence-corrected chi connectivity index (χ1v) is 10.4. The monoisotopic (exact) mass is 430 g/mol. The van der Waals surface area contributed by atoms with Gasteiger partial charge in [-0.1, -0.05) is 11.6 Å². The Morgan fingerprint density at radius 2 is 1.73 bits per heavy atom. The van der Waals surface area contributed by atoms with Crippen molar-refractivity contribution in [2.24, 2.45) is 0 Å². The molecule has 0 radical (unpaired) electrons. The highest BCUT2D eigenvalue weighted by atomic mass is 35.5. The number of carbonyl (C=O) groups is 1. The molecule has 9 nitrogen and oxygen atoms in total. The smallest absolute Gasteiger partial charge is 0.270 e. The van der Waals surface area contributed by atoms with Gasteiger partial charge in [0, 0.05) is 63.2 Å². The molecule has 2 aliphatic heterocycles. The van der Waals surface area contributed by atoms with Crippen LogP contribution >= 0.6 is 11.6 Å². The standard InChI is InChI=1S/C20H23ClN6O3/c1-14-12-18(24-6-2-3-7-24)23-20(22-14)26-10-8-25(9-11-26)19(28)16-5-4-15(27(29)30)13-17(16)21/h4-5,12-13H,2-3,6-11H2,1H3. The highest BCUT2D eigenvalue weighted by Crippen LogP contribution is 2.25. The van der Waals surface area contributed by atoms with Gasteiger partial charge in [-0.2, -0.15) is 4.98 Å². The number of nitrogens with zero attached hydrogens (tertiary/aromatic N) is 6. The van der Waals surface area contributed by atoms with Gasteiger partial charge >= 0.3 is 0 Å². The molecular formula is C20H23ClN6O3. The second kappa shape index (κ2) is 8.43. The summed E-state index contributed by atoms with van der Waals surface area (Å²) in [5.74, 6) is 1.43. The number of nitro groups is 1. The normalized spacial score (nSPS) is 16.8. The molecule has 0 unspecified atom stereocenters. The molecule has 30 heavy (non-hydrogen) atoms. The Morgan fingerprint density at radius 1 is 1.03 bits per heavy atom. The first kappa shape index (κ1) is 20.3. The number of aryl methyl sites for hydroxylation is 1. The van der Waals surface area contributed by atoms with E-state index in [0.29, 0.717) is 32.1 Å². The van der Waals surface area contributed by atoms with E-state index in [-0.39, 0.29) is 22.2 Å². The molecule has 3 heterocycles. The number of benzene rings is 1. The number of halogens is 1. The molecule has 1 amide bonds. The van der Waals surface area contributed by atoms with Crippen molar-refractivity contribution in [3.05, 3.63) is 50.7 Å². The Kier molecular flexibility index (Phi) is 5.72. The molecule has 2 saturated heterocycles. The number of aromatic nitrogens is 2. The highest BCUT2D eigenvalue weighted by Gasteiger charge is 2.26. The molecule has 0 spiro atoms. The van der Waals surface area contributed by atoms with Crippen LogP contribution in [0.15, 0.2) is 24.3 Å². The zero-order valence-corrected chi connectivity index (χ0v) is 17.5. The Bertz CT molecular complexity index is 971. The van der Waals surface area contributed by atoms with E-state index in [1.165, 1.54) is 31.0 Å². The van der Waals surface area contributed by atoms with E-state index in [1.807, 2.05) is 13.0 Å². The quantitative estimate of drug-likeness (QED) is 0.543. The summed E-state index contributed by atoms with van der Waals surface area (Å²) >= 11 is 6.12. The third-order valence-electron chi connectivity index (χ3n) is 5.50. The van der Waals surface area contributed by atoms with E-state index in [2.05, 4.69) is 14.8 Å². The number of hydrogen-bond acceptors (Lipinski definition) is 7. The zero-order valence-electron chi connectivity index (χ0n) is 16.8. The summed E-state index contributed by atoms with van der Waals surface area (Å²) in [6.07, 6.45) is 2.37. The summed E-state index contributed by atoms with van der Waals surface area (Å²) in [5.41, 5.74) is 1.07. The van der Waals surface area contributed by atoms with Crippen LogP contribution in [0.3, 0.4) is 0 Å². The summed E-state index contributed by atoms with van der Waals surface area (Å²) in [7, 11) is 0. The minimum Gasteiger partial charge on any atom is -0.356 e. The SMILES string of the molecule is Cc1cc(N2CCCC2)nc(N2CCN(C(=O)c3ccc([N+](=O)[O-])cc3Cl)CC2)n1. The fourth-order valence-electron chi connectivity index (χ4n) is 3.86. The lowest BCUT2D eigenvalue weighted by Crippen LogP contribution is -2.49. The van der Waals surface area contributed by atoms with E-state index in [0.717, 1.165) is 24.6 Å². The lowest BCUT2D eigenvalue weighted by Gasteiger charge is -2.35. The lowest BCUT2D eigenvalue weighted by atomic mass is 10.1. The molecule has 0 saturated carbocycles.